The number of nitriles is 2. The molecule has 0 bridgehead atoms. The van der Waals surface area contributed by atoms with E-state index in [1.165, 1.54) is 34.5 Å². The summed E-state index contributed by atoms with van der Waals surface area (Å²) >= 11 is 3.31. The molecule has 3 aromatic carbocycles. The molecule has 0 saturated carbocycles. The summed E-state index contributed by atoms with van der Waals surface area (Å²) in [5.74, 6) is -0.206. The third-order valence-corrected chi connectivity index (χ3v) is 6.31. The fourth-order valence-electron chi connectivity index (χ4n) is 3.73. The molecule has 0 atom stereocenters. The quantitative estimate of drug-likeness (QED) is 0.139. The molecule has 3 aromatic rings. The Bertz CT molecular complexity index is 1560. The van der Waals surface area contributed by atoms with Crippen molar-refractivity contribution in [1.82, 2.24) is 0 Å². The summed E-state index contributed by atoms with van der Waals surface area (Å²) in [6, 6.07) is 18.9. The first-order valence-corrected chi connectivity index (χ1v) is 13.7. The molecule has 0 aliphatic rings. The van der Waals surface area contributed by atoms with Crippen LogP contribution in [0.15, 0.2) is 54.6 Å². The first-order chi connectivity index (χ1) is 21.7. The van der Waals surface area contributed by atoms with E-state index in [0.717, 1.165) is 5.56 Å². The zero-order chi connectivity index (χ0) is 34.4. The third-order valence-electron chi connectivity index (χ3n) is 5.75. The van der Waals surface area contributed by atoms with Gasteiger partial charge in [0, 0.05) is 22.0 Å². The van der Waals surface area contributed by atoms with Crippen molar-refractivity contribution in [3.8, 4) is 29.4 Å². The van der Waals surface area contributed by atoms with Crippen molar-refractivity contribution in [3.63, 3.8) is 0 Å². The monoisotopic (exact) mass is 875 g/mol. The Labute approximate surface area is 356 Å². The summed E-state index contributed by atoms with van der Waals surface area (Å²) < 4.78 is 24.5. The molecule has 49 heavy (non-hydrogen) atoms. The van der Waals surface area contributed by atoms with E-state index in [9.17, 15) is 14.4 Å². The van der Waals surface area contributed by atoms with Gasteiger partial charge < -0.3 is 51.6 Å². The van der Waals surface area contributed by atoms with Crippen molar-refractivity contribution in [1.29, 1.82) is 15.8 Å². The summed E-state index contributed by atoms with van der Waals surface area (Å²) in [6.45, 7) is 4.75. The second-order valence-electron chi connectivity index (χ2n) is 8.05. The van der Waals surface area contributed by atoms with Crippen LogP contribution in [0.4, 0.5) is 0 Å². The number of ether oxygens (including phenoxy) is 5. The number of halogens is 1. The van der Waals surface area contributed by atoms with Crippen LogP contribution in [0.2, 0.25) is 0 Å². The number of hydrogen-bond donors (Lipinski definition) is 1. The van der Waals surface area contributed by atoms with Crippen molar-refractivity contribution in [2.45, 2.75) is 18.2 Å². The topological polar surface area (TPSA) is 249 Å². The number of hydrogen-bond acceptors (Lipinski definition) is 13. The van der Waals surface area contributed by atoms with E-state index in [0.29, 0.717) is 44.8 Å². The number of alkyl halides is 1. The predicted octanol–water partition coefficient (Wildman–Crippen LogP) is 1.75. The molecule has 14 nitrogen and oxygen atoms in total. The minimum absolute atomic E-state index is 0. The van der Waals surface area contributed by atoms with Crippen LogP contribution in [0, 0.1) is 34.5 Å². The van der Waals surface area contributed by atoms with Crippen LogP contribution in [0.25, 0.3) is 0 Å². The Morgan fingerprint density at radius 1 is 0.673 bits per heavy atom. The fraction of sp³-hybridized carbons (Fsp3) is 0.250. The smallest absolute Gasteiger partial charge is 0.870 e. The maximum atomic E-state index is 11.4. The average molecular weight is 876 g/mol. The molecule has 0 radical (unpaired) electrons. The van der Waals surface area contributed by atoms with Gasteiger partial charge in [0.25, 0.3) is 0 Å². The van der Waals surface area contributed by atoms with Crippen molar-refractivity contribution in [2.24, 2.45) is 0 Å². The molecule has 0 saturated heterocycles. The molecule has 252 valence electrons. The molecule has 17 heteroatoms. The van der Waals surface area contributed by atoms with Crippen LogP contribution in [-0.2, 0) is 27.6 Å². The zero-order valence-corrected chi connectivity index (χ0v) is 35.9. The number of methoxy groups -OCH3 is 5. The molecule has 0 aliphatic carbocycles. The van der Waals surface area contributed by atoms with E-state index in [4.69, 9.17) is 41.7 Å². The molecule has 0 unspecified atom stereocenters. The number of carboxylic acids is 1. The van der Waals surface area contributed by atoms with Crippen molar-refractivity contribution in [3.05, 3.63) is 94.6 Å². The molecule has 0 amide bonds. The van der Waals surface area contributed by atoms with Gasteiger partial charge in [-0.25, -0.2) is 14.4 Å². The Morgan fingerprint density at radius 2 is 0.980 bits per heavy atom. The standard InChI is InChI=1S/C11H11NO3.C10H11BrO3.C10H9NO3.CN.Ba.Na.2H2O/c1-14-10-5-3-4-9(11(13)15-2)8(10)6-7-12;1-13-9-5-3-4-7(8(9)6-11)10(12)14-2;1-14-9-4-2-3-8(10(12)13)7(9)5-6-11;1-2;;;;/h3-5H,6H2,1-2H3;3-5H,6H2,1-2H3;2-4H,5H2,1H3,(H,12,13);;;;2*1H2/q;;;-1;+2;+1;;/p-2. The maximum Gasteiger partial charge on any atom is 2.00 e. The van der Waals surface area contributed by atoms with Crippen molar-refractivity contribution in [2.75, 3.05) is 35.5 Å². The van der Waals surface area contributed by atoms with Crippen molar-refractivity contribution >= 4 is 82.7 Å². The predicted molar refractivity (Wildman–Crippen MR) is 174 cm³/mol. The van der Waals surface area contributed by atoms with Gasteiger partial charge in [0.15, 0.2) is 0 Å². The maximum absolute atomic E-state index is 11.4. The van der Waals surface area contributed by atoms with Gasteiger partial charge in [0.05, 0.1) is 77.2 Å². The fourth-order valence-corrected chi connectivity index (χ4v) is 4.31. The van der Waals surface area contributed by atoms with Crippen LogP contribution in [-0.4, -0.2) is 118 Å². The summed E-state index contributed by atoms with van der Waals surface area (Å²) in [5, 5.41) is 32.9. The Balaban J connectivity index is -0.000000185. The number of rotatable bonds is 9. The molecular weight excluding hydrogens is 843 g/mol. The molecule has 0 fully saturated rings. The van der Waals surface area contributed by atoms with Crippen LogP contribution < -0.4 is 43.8 Å². The van der Waals surface area contributed by atoms with Crippen LogP contribution in [0.5, 0.6) is 17.2 Å². The molecule has 3 N–H and O–H groups in total. The number of carbonyl (C=O) groups is 3. The molecule has 0 aromatic heterocycles. The zero-order valence-electron chi connectivity index (χ0n) is 27.9. The second kappa shape index (κ2) is 32.1. The number of carboxylic acid groups (broad SMARTS) is 1. The summed E-state index contributed by atoms with van der Waals surface area (Å²) in [6.07, 6.45) is 0.153. The average Bonchev–Trinajstić information content (AvgIpc) is 3.08. The third kappa shape index (κ3) is 17.4. The van der Waals surface area contributed by atoms with Gasteiger partial charge in [-0.2, -0.15) is 10.5 Å². The number of aromatic carboxylic acids is 1. The number of carbonyl (C=O) groups excluding carboxylic acids is 2. The second-order valence-corrected chi connectivity index (χ2v) is 8.61. The van der Waals surface area contributed by atoms with Gasteiger partial charge in [-0.3, -0.25) is 0 Å². The van der Waals surface area contributed by atoms with Crippen LogP contribution in [0.3, 0.4) is 0 Å². The molecule has 0 heterocycles. The molecule has 0 spiro atoms. The van der Waals surface area contributed by atoms with E-state index >= 15 is 0 Å². The summed E-state index contributed by atoms with van der Waals surface area (Å²) in [7, 11) is 7.18. The number of esters is 2. The van der Waals surface area contributed by atoms with E-state index in [-0.39, 0.29) is 114 Å². The van der Waals surface area contributed by atoms with Crippen molar-refractivity contribution < 1.29 is 83.7 Å². The summed E-state index contributed by atoms with van der Waals surface area (Å²) in [4.78, 5) is 33.6. The summed E-state index contributed by atoms with van der Waals surface area (Å²) in [5.41, 5.74) is 2.81. The first kappa shape index (κ1) is 55.3. The SMILES string of the molecule is COC(=O)c1cccc(OC)c1CBr.COC(=O)c1cccc(OC)c1CC#N.COc1cccc(C(=O)O)c1CC#N.[Ba+2].[C-]#N.[Na+].[OH-].[OH-]. The number of nitrogens with zero attached hydrogens (tertiary/aromatic N) is 3. The molecule has 3 rings (SSSR count). The minimum atomic E-state index is -1.05. The van der Waals surface area contributed by atoms with Gasteiger partial charge in [0.2, 0.25) is 0 Å². The normalized spacial score (nSPS) is 8.20. The Morgan fingerprint density at radius 3 is 1.27 bits per heavy atom. The molecule has 0 aliphatic heterocycles. The van der Waals surface area contributed by atoms with E-state index < -0.39 is 11.9 Å². The van der Waals surface area contributed by atoms with Crippen LogP contribution >= 0.6 is 15.9 Å². The van der Waals surface area contributed by atoms with Gasteiger partial charge in [-0.05, 0) is 36.4 Å². The van der Waals surface area contributed by atoms with Gasteiger partial charge in [0.1, 0.15) is 17.2 Å². The van der Waals surface area contributed by atoms with E-state index in [1.54, 1.807) is 49.6 Å². The van der Waals surface area contributed by atoms with Gasteiger partial charge in [-0.1, -0.05) is 34.1 Å². The van der Waals surface area contributed by atoms with Gasteiger partial charge >= 0.3 is 96.3 Å². The number of benzene rings is 3. The molecular formula is C32H33BaBrN3NaO11. The van der Waals surface area contributed by atoms with E-state index in [1.807, 2.05) is 18.2 Å². The minimum Gasteiger partial charge on any atom is -0.870 e. The Kier molecular flexibility index (Phi) is 36.3. The first-order valence-electron chi connectivity index (χ1n) is 12.6. The van der Waals surface area contributed by atoms with Crippen LogP contribution in [0.1, 0.15) is 47.8 Å². The van der Waals surface area contributed by atoms with Gasteiger partial charge in [-0.15, -0.1) is 0 Å². The Hall–Kier alpha value is -3.09. The van der Waals surface area contributed by atoms with E-state index in [2.05, 4.69) is 25.4 Å². The largest absolute Gasteiger partial charge is 2.00 e.